The molecule has 0 amide bonds. The maximum Gasteiger partial charge on any atom is 0.311 e. The third-order valence-electron chi connectivity index (χ3n) is 12.4. The van der Waals surface area contributed by atoms with Crippen LogP contribution in [0.4, 0.5) is 11.4 Å². The van der Waals surface area contributed by atoms with Gasteiger partial charge in [0.15, 0.2) is 12.3 Å². The van der Waals surface area contributed by atoms with Crippen LogP contribution in [0.3, 0.4) is 0 Å². The Hall–Kier alpha value is -4.74. The molecule has 286 valence electrons. The van der Waals surface area contributed by atoms with Crippen LogP contribution in [0.1, 0.15) is 91.7 Å². The molecule has 0 saturated heterocycles. The van der Waals surface area contributed by atoms with Gasteiger partial charge in [0, 0.05) is 54.6 Å². The molecule has 0 spiro atoms. The summed E-state index contributed by atoms with van der Waals surface area (Å²) in [5.41, 5.74) is 9.78. The van der Waals surface area contributed by atoms with E-state index in [0.717, 1.165) is 45.2 Å². The average molecular weight is 736 g/mol. The Labute approximate surface area is 328 Å². The summed E-state index contributed by atoms with van der Waals surface area (Å²) in [6.45, 7) is 18.1. The maximum absolute atomic E-state index is 12.7. The van der Waals surface area contributed by atoms with Crippen molar-refractivity contribution in [3.8, 4) is 0 Å². The van der Waals surface area contributed by atoms with E-state index in [-0.39, 0.29) is 16.8 Å². The number of ether oxygens (including phenoxy) is 2. The van der Waals surface area contributed by atoms with Crippen LogP contribution in [0.5, 0.6) is 0 Å². The van der Waals surface area contributed by atoms with Crippen molar-refractivity contribution in [2.75, 3.05) is 38.3 Å². The molecule has 0 saturated carbocycles. The van der Waals surface area contributed by atoms with Crippen LogP contribution in [0.25, 0.3) is 21.5 Å². The summed E-state index contributed by atoms with van der Waals surface area (Å²) in [5, 5.41) is 5.17. The van der Waals surface area contributed by atoms with Crippen LogP contribution in [0.15, 0.2) is 120 Å². The largest absolute Gasteiger partial charge is 0.465 e. The first-order chi connectivity index (χ1) is 26.4. The molecule has 1 aliphatic carbocycles. The minimum atomic E-state index is -0.463. The van der Waals surface area contributed by atoms with E-state index in [9.17, 15) is 4.79 Å². The number of esters is 1. The molecule has 55 heavy (non-hydrogen) atoms. The normalized spacial score (nSPS) is 19.2. The smallest absolute Gasteiger partial charge is 0.311 e. The second kappa shape index (κ2) is 15.4. The lowest BCUT2D eigenvalue weighted by Crippen LogP contribution is -2.29. The Morgan fingerprint density at radius 3 is 2.24 bits per heavy atom. The predicted octanol–water partition coefficient (Wildman–Crippen LogP) is 11.7. The second-order valence-corrected chi connectivity index (χ2v) is 17.2. The number of carbonyl (C=O) groups is 1. The van der Waals surface area contributed by atoms with Crippen molar-refractivity contribution in [3.63, 3.8) is 0 Å². The van der Waals surface area contributed by atoms with Gasteiger partial charge in [-0.25, -0.2) is 0 Å². The van der Waals surface area contributed by atoms with Crippen LogP contribution >= 0.6 is 0 Å². The zero-order chi connectivity index (χ0) is 39.0. The second-order valence-electron chi connectivity index (χ2n) is 17.2. The number of benzene rings is 4. The van der Waals surface area contributed by atoms with E-state index in [1.807, 2.05) is 20.8 Å². The van der Waals surface area contributed by atoms with Crippen molar-refractivity contribution in [1.82, 2.24) is 0 Å². The monoisotopic (exact) mass is 735 g/mol. The molecule has 5 heteroatoms. The maximum atomic E-state index is 12.7. The van der Waals surface area contributed by atoms with Gasteiger partial charge >= 0.3 is 5.97 Å². The number of methoxy groups -OCH3 is 1. The number of anilines is 1. The van der Waals surface area contributed by atoms with Crippen molar-refractivity contribution in [1.29, 1.82) is 0 Å². The molecule has 7 rings (SSSR count). The lowest BCUT2D eigenvalue weighted by molar-refractivity contribution is -0.438. The van der Waals surface area contributed by atoms with Crippen molar-refractivity contribution in [2.45, 2.75) is 91.4 Å². The molecule has 0 radical (unpaired) electrons. The van der Waals surface area contributed by atoms with Crippen LogP contribution in [-0.2, 0) is 25.1 Å². The number of fused-ring (bicyclic) bond motifs is 6. The third-order valence-corrected chi connectivity index (χ3v) is 12.4. The van der Waals surface area contributed by atoms with Gasteiger partial charge in [0.1, 0.15) is 0 Å². The van der Waals surface area contributed by atoms with Gasteiger partial charge in [-0.3, -0.25) is 4.79 Å². The highest BCUT2D eigenvalue weighted by Gasteiger charge is 2.45. The van der Waals surface area contributed by atoms with E-state index < -0.39 is 5.41 Å². The van der Waals surface area contributed by atoms with Crippen LogP contribution < -0.4 is 4.90 Å². The molecule has 2 aliphatic heterocycles. The molecular formula is C50H59N2O3+. The Morgan fingerprint density at radius 1 is 0.836 bits per heavy atom. The molecule has 5 nitrogen and oxygen atoms in total. The van der Waals surface area contributed by atoms with E-state index in [1.165, 1.54) is 66.6 Å². The zero-order valence-corrected chi connectivity index (χ0v) is 34.3. The minimum Gasteiger partial charge on any atom is -0.465 e. The van der Waals surface area contributed by atoms with Gasteiger partial charge in [-0.05, 0) is 110 Å². The fraction of sp³-hybridized carbons (Fsp3) is 0.400. The lowest BCUT2D eigenvalue weighted by Gasteiger charge is -2.27. The standard InChI is InChI=1S/C50H59N2O3/c1-9-48(2,3)47(53)55-32-15-30-51-41-26-24-37-18-10-12-20-39(37)45(41)49(4,5)43(51)28-22-35-16-14-17-36(34-35)23-29-44-50(6,7)46-40-21-13-11-19-38(40)25-27-42(46)52(44)31-33-54-8/h10-13,18-29,34H,9,14-17,30-33H2,1-8H3/q+1. The highest BCUT2D eigenvalue weighted by atomic mass is 16.5. The first-order valence-electron chi connectivity index (χ1n) is 20.3. The van der Waals surface area contributed by atoms with Gasteiger partial charge in [-0.2, -0.15) is 4.58 Å². The van der Waals surface area contributed by atoms with Gasteiger partial charge in [-0.1, -0.05) is 93.6 Å². The van der Waals surface area contributed by atoms with Gasteiger partial charge in [0.25, 0.3) is 0 Å². The number of hydrogen-bond donors (Lipinski definition) is 0. The zero-order valence-electron chi connectivity index (χ0n) is 34.3. The molecule has 0 bridgehead atoms. The van der Waals surface area contributed by atoms with Gasteiger partial charge < -0.3 is 14.4 Å². The molecule has 0 aromatic heterocycles. The number of allylic oxidation sites excluding steroid dienone is 8. The van der Waals surface area contributed by atoms with Gasteiger partial charge in [0.2, 0.25) is 5.69 Å². The van der Waals surface area contributed by atoms with Gasteiger partial charge in [-0.15, -0.1) is 0 Å². The topological polar surface area (TPSA) is 41.8 Å². The number of rotatable bonds is 12. The Kier molecular flexibility index (Phi) is 10.8. The molecule has 4 aromatic rings. The third kappa shape index (κ3) is 7.24. The fourth-order valence-corrected chi connectivity index (χ4v) is 8.98. The van der Waals surface area contributed by atoms with Crippen molar-refractivity contribution in [2.24, 2.45) is 5.41 Å². The summed E-state index contributed by atoms with van der Waals surface area (Å²) in [6.07, 6.45) is 16.6. The summed E-state index contributed by atoms with van der Waals surface area (Å²) in [4.78, 5) is 15.2. The molecule has 3 aliphatic rings. The number of carbonyl (C=O) groups excluding carboxylic acids is 1. The highest BCUT2D eigenvalue weighted by Crippen LogP contribution is 2.51. The summed E-state index contributed by atoms with van der Waals surface area (Å²) in [7, 11) is 1.78. The molecular weight excluding hydrogens is 677 g/mol. The Morgan fingerprint density at radius 2 is 1.53 bits per heavy atom. The Bertz CT molecular complexity index is 2280. The summed E-state index contributed by atoms with van der Waals surface area (Å²) >= 11 is 0. The Balaban J connectivity index is 1.20. The van der Waals surface area contributed by atoms with Crippen LogP contribution in [0.2, 0.25) is 0 Å². The quantitative estimate of drug-likeness (QED) is 0.0825. The van der Waals surface area contributed by atoms with Crippen molar-refractivity contribution >= 4 is 44.6 Å². The summed E-state index contributed by atoms with van der Waals surface area (Å²) in [5.74, 6) is -0.117. The van der Waals surface area contributed by atoms with Crippen LogP contribution in [0, 0.1) is 5.41 Å². The van der Waals surface area contributed by atoms with Gasteiger partial charge in [0.05, 0.1) is 24.0 Å². The fourth-order valence-electron chi connectivity index (χ4n) is 8.98. The summed E-state index contributed by atoms with van der Waals surface area (Å²) < 4.78 is 13.8. The van der Waals surface area contributed by atoms with Crippen molar-refractivity contribution < 1.29 is 18.8 Å². The molecule has 0 unspecified atom stereocenters. The highest BCUT2D eigenvalue weighted by molar-refractivity contribution is 6.07. The minimum absolute atomic E-state index is 0.117. The molecule has 0 N–H and O–H groups in total. The number of hydrogen-bond acceptors (Lipinski definition) is 4. The van der Waals surface area contributed by atoms with E-state index in [1.54, 1.807) is 7.11 Å². The van der Waals surface area contributed by atoms with Crippen LogP contribution in [-0.4, -0.2) is 49.7 Å². The first kappa shape index (κ1) is 38.5. The van der Waals surface area contributed by atoms with E-state index in [2.05, 4.69) is 140 Å². The molecule has 4 aromatic carbocycles. The van der Waals surface area contributed by atoms with E-state index in [4.69, 9.17) is 9.47 Å². The average Bonchev–Trinajstić information content (AvgIpc) is 3.54. The van der Waals surface area contributed by atoms with E-state index >= 15 is 0 Å². The van der Waals surface area contributed by atoms with E-state index in [0.29, 0.717) is 13.2 Å². The molecule has 0 atom stereocenters. The van der Waals surface area contributed by atoms with Crippen molar-refractivity contribution in [3.05, 3.63) is 131 Å². The lowest BCUT2D eigenvalue weighted by atomic mass is 9.79. The molecule has 2 heterocycles. The number of nitrogens with zero attached hydrogens (tertiary/aromatic N) is 2. The molecule has 0 fully saturated rings. The first-order valence-corrected chi connectivity index (χ1v) is 20.3. The SMILES string of the molecule is CCC(C)(C)C(=O)OCCC[N+]1=C(/C=C/C2=CC(=C/C=C3\N(CCOC)c4ccc5ccccc5c4C3(C)C)/CCC2)C(C)(C)c2c1ccc1ccccc21. The summed E-state index contributed by atoms with van der Waals surface area (Å²) in [6, 6.07) is 26.6. The predicted molar refractivity (Wildman–Crippen MR) is 230 cm³/mol.